The van der Waals surface area contributed by atoms with Gasteiger partial charge in [-0.1, -0.05) is 23.7 Å². The van der Waals surface area contributed by atoms with E-state index in [1.165, 1.54) is 24.3 Å². The fourth-order valence-electron chi connectivity index (χ4n) is 2.91. The standard InChI is InChI=1S/C20H8BrClF6N2O/c21-15-14(9-29)16(10-3-7-13(22)8-4-10)30(17(15)20(26,27)28)18(31)11-1-5-12(6-2-11)19(23,24)25/h1-8H. The summed E-state index contributed by atoms with van der Waals surface area (Å²) in [7, 11) is 0. The molecule has 3 aromatic rings. The predicted octanol–water partition coefficient (Wildman–Crippen LogP) is 7.17. The highest BCUT2D eigenvalue weighted by molar-refractivity contribution is 9.10. The van der Waals surface area contributed by atoms with Gasteiger partial charge in [0.05, 0.1) is 21.3 Å². The molecule has 11 heteroatoms. The molecule has 3 rings (SSSR count). The van der Waals surface area contributed by atoms with Crippen molar-refractivity contribution in [1.82, 2.24) is 4.57 Å². The zero-order valence-corrected chi connectivity index (χ0v) is 17.3. The Hall–Kier alpha value is -2.77. The van der Waals surface area contributed by atoms with Crippen molar-refractivity contribution in [3.8, 4) is 17.3 Å². The number of hydrogen-bond donors (Lipinski definition) is 0. The number of carbonyl (C=O) groups is 1. The summed E-state index contributed by atoms with van der Waals surface area (Å²) in [5.74, 6) is -1.26. The fraction of sp³-hybridized carbons (Fsp3) is 0.100. The van der Waals surface area contributed by atoms with E-state index >= 15 is 0 Å². The third-order valence-electron chi connectivity index (χ3n) is 4.27. The van der Waals surface area contributed by atoms with E-state index in [-0.39, 0.29) is 20.8 Å². The van der Waals surface area contributed by atoms with Crippen LogP contribution in [0.2, 0.25) is 5.02 Å². The zero-order valence-electron chi connectivity index (χ0n) is 14.9. The van der Waals surface area contributed by atoms with Crippen molar-refractivity contribution in [3.63, 3.8) is 0 Å². The molecule has 0 N–H and O–H groups in total. The molecule has 0 aliphatic carbocycles. The number of rotatable bonds is 2. The Labute approximate surface area is 184 Å². The first-order valence-electron chi connectivity index (χ1n) is 8.25. The van der Waals surface area contributed by atoms with Crippen LogP contribution in [0.25, 0.3) is 11.3 Å². The molecule has 1 aromatic heterocycles. The largest absolute Gasteiger partial charge is 0.433 e. The average Bonchev–Trinajstić information content (AvgIpc) is 2.99. The molecule has 2 aromatic carbocycles. The van der Waals surface area contributed by atoms with Gasteiger partial charge in [0.1, 0.15) is 11.8 Å². The normalized spacial score (nSPS) is 12.0. The topological polar surface area (TPSA) is 45.8 Å². The molecule has 0 aliphatic heterocycles. The lowest BCUT2D eigenvalue weighted by Crippen LogP contribution is -2.22. The van der Waals surface area contributed by atoms with Crippen molar-refractivity contribution in [3.05, 3.63) is 80.4 Å². The summed E-state index contributed by atoms with van der Waals surface area (Å²) in [5.41, 5.74) is -3.71. The van der Waals surface area contributed by atoms with Gasteiger partial charge in [-0.25, -0.2) is 0 Å². The molecular formula is C20H8BrClF6N2O. The van der Waals surface area contributed by atoms with Gasteiger partial charge in [-0.05, 0) is 52.3 Å². The minimum atomic E-state index is -5.06. The average molecular weight is 522 g/mol. The second-order valence-electron chi connectivity index (χ2n) is 6.22. The van der Waals surface area contributed by atoms with E-state index in [1.807, 2.05) is 0 Å². The lowest BCUT2D eigenvalue weighted by atomic mass is 10.1. The van der Waals surface area contributed by atoms with Crippen LogP contribution in [0.4, 0.5) is 26.3 Å². The molecule has 0 spiro atoms. The molecule has 0 bridgehead atoms. The number of aromatic nitrogens is 1. The molecule has 0 saturated carbocycles. The van der Waals surface area contributed by atoms with Crippen LogP contribution in [0, 0.1) is 11.3 Å². The number of nitrogens with zero attached hydrogens (tertiary/aromatic N) is 2. The van der Waals surface area contributed by atoms with E-state index in [0.717, 1.165) is 12.1 Å². The van der Waals surface area contributed by atoms with Gasteiger partial charge in [0.25, 0.3) is 5.91 Å². The third-order valence-corrected chi connectivity index (χ3v) is 5.30. The Kier molecular flexibility index (Phi) is 5.95. The van der Waals surface area contributed by atoms with Crippen molar-refractivity contribution < 1.29 is 31.1 Å². The number of hydrogen-bond acceptors (Lipinski definition) is 2. The van der Waals surface area contributed by atoms with Crippen molar-refractivity contribution in [2.45, 2.75) is 12.4 Å². The summed E-state index contributed by atoms with van der Waals surface area (Å²) in [4.78, 5) is 13.0. The Morgan fingerprint density at radius 1 is 0.935 bits per heavy atom. The van der Waals surface area contributed by atoms with Crippen molar-refractivity contribution in [2.24, 2.45) is 0 Å². The number of carbonyl (C=O) groups excluding carboxylic acids is 1. The SMILES string of the molecule is N#Cc1c(Br)c(C(F)(F)F)n(C(=O)c2ccc(C(F)(F)F)cc2)c1-c1ccc(Cl)cc1. The number of nitriles is 1. The summed E-state index contributed by atoms with van der Waals surface area (Å²) in [6, 6.07) is 9.73. The van der Waals surface area contributed by atoms with Crippen molar-refractivity contribution >= 4 is 33.4 Å². The second kappa shape index (κ2) is 8.05. The summed E-state index contributed by atoms with van der Waals surface area (Å²) in [6.45, 7) is 0. The Morgan fingerprint density at radius 2 is 1.48 bits per heavy atom. The molecule has 31 heavy (non-hydrogen) atoms. The fourth-order valence-corrected chi connectivity index (χ4v) is 3.72. The first-order chi connectivity index (χ1) is 14.4. The van der Waals surface area contributed by atoms with Crippen LogP contribution >= 0.6 is 27.5 Å². The van der Waals surface area contributed by atoms with Crippen LogP contribution in [0.5, 0.6) is 0 Å². The Balaban J connectivity index is 2.30. The highest BCUT2D eigenvalue weighted by Crippen LogP contribution is 2.43. The maximum Gasteiger partial charge on any atom is 0.433 e. The van der Waals surface area contributed by atoms with Gasteiger partial charge in [0.15, 0.2) is 0 Å². The maximum absolute atomic E-state index is 13.8. The molecular weight excluding hydrogens is 514 g/mol. The smallest absolute Gasteiger partial charge is 0.269 e. The van der Waals surface area contributed by atoms with E-state index in [0.29, 0.717) is 12.1 Å². The molecule has 0 radical (unpaired) electrons. The second-order valence-corrected chi connectivity index (χ2v) is 7.45. The first kappa shape index (κ1) is 22.9. The van der Waals surface area contributed by atoms with Gasteiger partial charge in [-0.2, -0.15) is 31.6 Å². The molecule has 0 saturated heterocycles. The minimum absolute atomic E-state index is 0.0809. The number of benzene rings is 2. The molecule has 0 aliphatic rings. The summed E-state index contributed by atoms with van der Waals surface area (Å²) >= 11 is 8.56. The van der Waals surface area contributed by atoms with E-state index in [9.17, 15) is 36.4 Å². The van der Waals surface area contributed by atoms with Gasteiger partial charge >= 0.3 is 12.4 Å². The lowest BCUT2D eigenvalue weighted by Gasteiger charge is -2.15. The van der Waals surface area contributed by atoms with Crippen molar-refractivity contribution in [1.29, 1.82) is 5.26 Å². The highest BCUT2D eigenvalue weighted by atomic mass is 79.9. The summed E-state index contributed by atoms with van der Waals surface area (Å²) in [5, 5.41) is 9.74. The van der Waals surface area contributed by atoms with Gasteiger partial charge in [0, 0.05) is 16.1 Å². The zero-order chi connectivity index (χ0) is 23.1. The van der Waals surface area contributed by atoms with Crippen LogP contribution in [-0.2, 0) is 12.4 Å². The number of alkyl halides is 6. The first-order valence-corrected chi connectivity index (χ1v) is 9.42. The van der Waals surface area contributed by atoms with E-state index in [2.05, 4.69) is 15.9 Å². The lowest BCUT2D eigenvalue weighted by molar-refractivity contribution is -0.143. The maximum atomic E-state index is 13.8. The van der Waals surface area contributed by atoms with Crippen LogP contribution < -0.4 is 0 Å². The van der Waals surface area contributed by atoms with Crippen LogP contribution in [-0.4, -0.2) is 10.5 Å². The molecule has 0 amide bonds. The summed E-state index contributed by atoms with van der Waals surface area (Å²) < 4.78 is 79.5. The molecule has 0 atom stereocenters. The molecule has 0 unspecified atom stereocenters. The van der Waals surface area contributed by atoms with Crippen LogP contribution in [0.1, 0.15) is 27.2 Å². The molecule has 3 nitrogen and oxygen atoms in total. The van der Waals surface area contributed by atoms with Crippen LogP contribution in [0.15, 0.2) is 53.0 Å². The van der Waals surface area contributed by atoms with E-state index in [4.69, 9.17) is 11.6 Å². The van der Waals surface area contributed by atoms with E-state index in [1.54, 1.807) is 6.07 Å². The number of halogens is 8. The third kappa shape index (κ3) is 4.34. The minimum Gasteiger partial charge on any atom is -0.269 e. The molecule has 0 fully saturated rings. The van der Waals surface area contributed by atoms with E-state index < -0.39 is 45.1 Å². The van der Waals surface area contributed by atoms with Gasteiger partial charge in [-0.3, -0.25) is 9.36 Å². The molecule has 160 valence electrons. The van der Waals surface area contributed by atoms with Gasteiger partial charge < -0.3 is 0 Å². The van der Waals surface area contributed by atoms with Crippen molar-refractivity contribution in [2.75, 3.05) is 0 Å². The van der Waals surface area contributed by atoms with Gasteiger partial charge in [-0.15, -0.1) is 0 Å². The quantitative estimate of drug-likeness (QED) is 0.336. The molecule has 1 heterocycles. The Bertz CT molecular complexity index is 1190. The van der Waals surface area contributed by atoms with Crippen LogP contribution in [0.3, 0.4) is 0 Å². The monoisotopic (exact) mass is 520 g/mol. The Morgan fingerprint density at radius 3 is 1.94 bits per heavy atom. The summed E-state index contributed by atoms with van der Waals surface area (Å²) in [6.07, 6.45) is -9.74. The van der Waals surface area contributed by atoms with Gasteiger partial charge in [0.2, 0.25) is 0 Å². The predicted molar refractivity (Wildman–Crippen MR) is 103 cm³/mol. The highest BCUT2D eigenvalue weighted by Gasteiger charge is 2.43.